The van der Waals surface area contributed by atoms with Crippen LogP contribution < -0.4 is 5.73 Å². The monoisotopic (exact) mass is 231 g/mol. The summed E-state index contributed by atoms with van der Waals surface area (Å²) in [4.78, 5) is 11.0. The summed E-state index contributed by atoms with van der Waals surface area (Å²) in [5.41, 5.74) is 5.34. The molecule has 0 unspecified atom stereocenters. The number of rotatable bonds is 4. The zero-order valence-electron chi connectivity index (χ0n) is 7.96. The first-order valence-corrected chi connectivity index (χ1v) is 4.83. The van der Waals surface area contributed by atoms with Gasteiger partial charge in [0.05, 0.1) is 10.6 Å². The Morgan fingerprint density at radius 2 is 2.20 bits per heavy atom. The molecule has 82 valence electrons. The predicted molar refractivity (Wildman–Crippen MR) is 55.3 cm³/mol. The zero-order valence-corrected chi connectivity index (χ0v) is 8.72. The number of halogens is 2. The van der Waals surface area contributed by atoms with E-state index in [2.05, 4.69) is 0 Å². The smallest absolute Gasteiger partial charge is 0.252 e. The van der Waals surface area contributed by atoms with Crippen LogP contribution in [0.5, 0.6) is 0 Å². The fourth-order valence-corrected chi connectivity index (χ4v) is 1.49. The minimum Gasteiger partial charge on any atom is -0.396 e. The SMILES string of the molecule is NC(=O)c1c(CCCO)ccc(Cl)c1F. The topological polar surface area (TPSA) is 63.3 Å². The van der Waals surface area contributed by atoms with Gasteiger partial charge in [0.15, 0.2) is 5.82 Å². The van der Waals surface area contributed by atoms with Crippen LogP contribution in [0.1, 0.15) is 22.3 Å². The molecule has 15 heavy (non-hydrogen) atoms. The van der Waals surface area contributed by atoms with E-state index in [0.29, 0.717) is 18.4 Å². The lowest BCUT2D eigenvalue weighted by atomic mass is 10.0. The fraction of sp³-hybridized carbons (Fsp3) is 0.300. The van der Waals surface area contributed by atoms with Gasteiger partial charge in [0, 0.05) is 6.61 Å². The second kappa shape index (κ2) is 5.09. The van der Waals surface area contributed by atoms with Crippen LogP contribution in [0.3, 0.4) is 0 Å². The van der Waals surface area contributed by atoms with Crippen molar-refractivity contribution < 1.29 is 14.3 Å². The van der Waals surface area contributed by atoms with Crippen molar-refractivity contribution in [3.05, 3.63) is 34.1 Å². The van der Waals surface area contributed by atoms with E-state index in [0.717, 1.165) is 0 Å². The molecule has 0 fully saturated rings. The maximum atomic E-state index is 13.4. The van der Waals surface area contributed by atoms with Crippen LogP contribution >= 0.6 is 11.6 Å². The Balaban J connectivity index is 3.15. The molecule has 1 rings (SSSR count). The number of amides is 1. The van der Waals surface area contributed by atoms with Gasteiger partial charge in [0.1, 0.15) is 0 Å². The number of nitrogens with two attached hydrogens (primary N) is 1. The van der Waals surface area contributed by atoms with E-state index >= 15 is 0 Å². The summed E-state index contributed by atoms with van der Waals surface area (Å²) in [7, 11) is 0. The highest BCUT2D eigenvalue weighted by atomic mass is 35.5. The second-order valence-electron chi connectivity index (χ2n) is 3.09. The number of aliphatic hydroxyl groups excluding tert-OH is 1. The van der Waals surface area contributed by atoms with Crippen molar-refractivity contribution in [3.63, 3.8) is 0 Å². The minimum atomic E-state index is -0.845. The third-order valence-electron chi connectivity index (χ3n) is 2.03. The first-order valence-electron chi connectivity index (χ1n) is 4.45. The van der Waals surface area contributed by atoms with Gasteiger partial charge in [0.2, 0.25) is 0 Å². The molecule has 3 N–H and O–H groups in total. The van der Waals surface area contributed by atoms with Crippen LogP contribution in [-0.2, 0) is 6.42 Å². The average Bonchev–Trinajstić information content (AvgIpc) is 2.19. The Morgan fingerprint density at radius 3 is 2.73 bits per heavy atom. The first kappa shape index (κ1) is 11.9. The number of benzene rings is 1. The van der Waals surface area contributed by atoms with Crippen molar-refractivity contribution in [2.45, 2.75) is 12.8 Å². The molecule has 0 saturated heterocycles. The maximum Gasteiger partial charge on any atom is 0.252 e. The summed E-state index contributed by atoms with van der Waals surface area (Å²) in [6.45, 7) is -0.0253. The molecule has 0 bridgehead atoms. The van der Waals surface area contributed by atoms with E-state index in [1.54, 1.807) is 6.07 Å². The summed E-state index contributed by atoms with van der Waals surface area (Å²) in [5, 5.41) is 8.52. The number of carbonyl (C=O) groups excluding carboxylic acids is 1. The van der Waals surface area contributed by atoms with Gasteiger partial charge in [-0.25, -0.2) is 4.39 Å². The average molecular weight is 232 g/mol. The lowest BCUT2D eigenvalue weighted by molar-refractivity contribution is 0.0995. The van der Waals surface area contributed by atoms with E-state index in [1.807, 2.05) is 0 Å². The normalized spacial score (nSPS) is 10.3. The summed E-state index contributed by atoms with van der Waals surface area (Å²) >= 11 is 5.53. The van der Waals surface area contributed by atoms with Crippen LogP contribution in [0.15, 0.2) is 12.1 Å². The highest BCUT2D eigenvalue weighted by Gasteiger charge is 2.16. The molecule has 0 aliphatic heterocycles. The molecule has 1 aromatic carbocycles. The van der Waals surface area contributed by atoms with Gasteiger partial charge in [-0.15, -0.1) is 0 Å². The molecule has 3 nitrogen and oxygen atoms in total. The van der Waals surface area contributed by atoms with Gasteiger partial charge in [-0.05, 0) is 24.5 Å². The molecule has 0 radical (unpaired) electrons. The molecule has 0 aromatic heterocycles. The molecule has 5 heteroatoms. The molecule has 0 atom stereocenters. The molecule has 0 aliphatic rings. The first-order chi connectivity index (χ1) is 7.07. The van der Waals surface area contributed by atoms with Crippen LogP contribution in [0.25, 0.3) is 0 Å². The number of primary amides is 1. The Bertz CT molecular complexity index is 382. The van der Waals surface area contributed by atoms with E-state index in [9.17, 15) is 9.18 Å². The molecule has 0 spiro atoms. The van der Waals surface area contributed by atoms with Crippen molar-refractivity contribution in [1.82, 2.24) is 0 Å². The van der Waals surface area contributed by atoms with Crippen molar-refractivity contribution in [2.24, 2.45) is 5.73 Å². The molecular formula is C10H11ClFNO2. The van der Waals surface area contributed by atoms with Gasteiger partial charge in [-0.2, -0.15) is 0 Å². The highest BCUT2D eigenvalue weighted by Crippen LogP contribution is 2.22. The van der Waals surface area contributed by atoms with Crippen molar-refractivity contribution in [3.8, 4) is 0 Å². The Hall–Kier alpha value is -1.13. The predicted octanol–water partition coefficient (Wildman–Crippen LogP) is 1.50. The van der Waals surface area contributed by atoms with Crippen LogP contribution in [0.4, 0.5) is 4.39 Å². The largest absolute Gasteiger partial charge is 0.396 e. The Kier molecular flexibility index (Phi) is 4.05. The standard InChI is InChI=1S/C10H11ClFNO2/c11-7-4-3-6(2-1-5-14)8(9(7)12)10(13)15/h3-4,14H,1-2,5H2,(H2,13,15). The lowest BCUT2D eigenvalue weighted by Gasteiger charge is -2.08. The number of hydrogen-bond donors (Lipinski definition) is 2. The van der Waals surface area contributed by atoms with Crippen LogP contribution in [0, 0.1) is 5.82 Å². The van der Waals surface area contributed by atoms with E-state index in [4.69, 9.17) is 22.4 Å². The van der Waals surface area contributed by atoms with Gasteiger partial charge < -0.3 is 10.8 Å². The Labute approximate surface area is 91.7 Å². The summed E-state index contributed by atoms with van der Waals surface area (Å²) in [6.07, 6.45) is 0.838. The zero-order chi connectivity index (χ0) is 11.4. The number of aliphatic hydroxyl groups is 1. The summed E-state index contributed by atoms with van der Waals surface area (Å²) in [6, 6.07) is 2.91. The summed E-state index contributed by atoms with van der Waals surface area (Å²) < 4.78 is 13.4. The number of aryl methyl sites for hydroxylation is 1. The van der Waals surface area contributed by atoms with E-state index in [1.165, 1.54) is 6.07 Å². The van der Waals surface area contributed by atoms with Gasteiger partial charge in [-0.1, -0.05) is 17.7 Å². The lowest BCUT2D eigenvalue weighted by Crippen LogP contribution is -2.16. The van der Waals surface area contributed by atoms with Crippen molar-refractivity contribution in [2.75, 3.05) is 6.61 Å². The minimum absolute atomic E-state index is 0.0253. The van der Waals surface area contributed by atoms with E-state index < -0.39 is 11.7 Å². The third-order valence-corrected chi connectivity index (χ3v) is 2.32. The van der Waals surface area contributed by atoms with Gasteiger partial charge in [-0.3, -0.25) is 4.79 Å². The van der Waals surface area contributed by atoms with E-state index in [-0.39, 0.29) is 17.2 Å². The van der Waals surface area contributed by atoms with Crippen LogP contribution in [-0.4, -0.2) is 17.6 Å². The molecule has 1 aromatic rings. The molecule has 0 saturated carbocycles. The number of hydrogen-bond acceptors (Lipinski definition) is 2. The highest BCUT2D eigenvalue weighted by molar-refractivity contribution is 6.31. The quantitative estimate of drug-likeness (QED) is 0.825. The van der Waals surface area contributed by atoms with Crippen molar-refractivity contribution >= 4 is 17.5 Å². The van der Waals surface area contributed by atoms with Crippen LogP contribution in [0.2, 0.25) is 5.02 Å². The molecule has 1 amide bonds. The third kappa shape index (κ3) is 2.67. The number of carbonyl (C=O) groups is 1. The fourth-order valence-electron chi connectivity index (χ4n) is 1.33. The van der Waals surface area contributed by atoms with Crippen molar-refractivity contribution in [1.29, 1.82) is 0 Å². The molecule has 0 aliphatic carbocycles. The Morgan fingerprint density at radius 1 is 1.53 bits per heavy atom. The molecule has 0 heterocycles. The summed E-state index contributed by atoms with van der Waals surface area (Å²) in [5.74, 6) is -1.64. The van der Waals surface area contributed by atoms with Gasteiger partial charge in [0.25, 0.3) is 5.91 Å². The second-order valence-corrected chi connectivity index (χ2v) is 3.49. The molecular weight excluding hydrogens is 221 g/mol. The van der Waals surface area contributed by atoms with Gasteiger partial charge >= 0.3 is 0 Å². The maximum absolute atomic E-state index is 13.4.